The smallest absolute Gasteiger partial charge is 0.223 e. The standard InChI is InChI=1S/C20H19N5O.ClH/c1-12-10-18(19-16(23-12)8-9-17-20(19)22-11-21-17)24-14-4-6-15(7-5-14)25(3)13(2)26;/h4-11,23-24H,1-3H3;1H. The number of aromatic nitrogens is 3. The molecule has 0 radical (unpaired) electrons. The average molecular weight is 382 g/mol. The van der Waals surface area contributed by atoms with Crippen molar-refractivity contribution in [2.45, 2.75) is 13.8 Å². The van der Waals surface area contributed by atoms with Gasteiger partial charge in [-0.3, -0.25) is 4.79 Å². The molecule has 6 nitrogen and oxygen atoms in total. The molecular weight excluding hydrogens is 362 g/mol. The molecule has 4 aromatic rings. The van der Waals surface area contributed by atoms with Gasteiger partial charge in [0.25, 0.3) is 0 Å². The van der Waals surface area contributed by atoms with E-state index >= 15 is 0 Å². The predicted octanol–water partition coefficient (Wildman–Crippen LogP) is 4.57. The van der Waals surface area contributed by atoms with Crippen molar-refractivity contribution in [1.82, 2.24) is 15.0 Å². The Kier molecular flexibility index (Phi) is 5.01. The third-order valence-corrected chi connectivity index (χ3v) is 4.51. The van der Waals surface area contributed by atoms with Gasteiger partial charge in [-0.15, -0.1) is 12.4 Å². The molecular formula is C20H20ClN5O. The van der Waals surface area contributed by atoms with Crippen molar-refractivity contribution in [2.75, 3.05) is 17.3 Å². The SMILES string of the molecule is CC(=O)N(C)c1ccc(Nc2cc(C)[nH]c3ccc4ncnc4c23)cc1.Cl. The number of fused-ring (bicyclic) bond motifs is 3. The highest BCUT2D eigenvalue weighted by Gasteiger charge is 2.11. The highest BCUT2D eigenvalue weighted by molar-refractivity contribution is 6.10. The molecule has 2 aromatic heterocycles. The number of carbonyl (C=O) groups excluding carboxylic acids is 1. The molecule has 7 heteroatoms. The van der Waals surface area contributed by atoms with Crippen LogP contribution >= 0.6 is 12.4 Å². The van der Waals surface area contributed by atoms with Gasteiger partial charge in [-0.2, -0.15) is 0 Å². The Labute approximate surface area is 163 Å². The molecule has 0 saturated heterocycles. The van der Waals surface area contributed by atoms with Crippen molar-refractivity contribution in [2.24, 2.45) is 0 Å². The number of hydrogen-bond acceptors (Lipinski definition) is 4. The maximum absolute atomic E-state index is 11.5. The maximum Gasteiger partial charge on any atom is 0.223 e. The van der Waals surface area contributed by atoms with Gasteiger partial charge in [0.1, 0.15) is 11.8 Å². The molecule has 4 rings (SSSR count). The van der Waals surface area contributed by atoms with E-state index in [1.54, 1.807) is 25.2 Å². The maximum atomic E-state index is 11.5. The summed E-state index contributed by atoms with van der Waals surface area (Å²) in [5.74, 6) is 0.00287. The number of hydrogen-bond donors (Lipinski definition) is 2. The van der Waals surface area contributed by atoms with E-state index in [0.29, 0.717) is 0 Å². The molecule has 0 aliphatic rings. The Hall–Kier alpha value is -3.12. The minimum atomic E-state index is 0. The van der Waals surface area contributed by atoms with Crippen molar-refractivity contribution in [3.05, 3.63) is 54.5 Å². The molecule has 27 heavy (non-hydrogen) atoms. The van der Waals surface area contributed by atoms with E-state index in [9.17, 15) is 4.79 Å². The van der Waals surface area contributed by atoms with Crippen LogP contribution in [-0.2, 0) is 4.79 Å². The van der Waals surface area contributed by atoms with Crippen molar-refractivity contribution >= 4 is 57.3 Å². The summed E-state index contributed by atoms with van der Waals surface area (Å²) >= 11 is 0. The topological polar surface area (TPSA) is 73.9 Å². The summed E-state index contributed by atoms with van der Waals surface area (Å²) < 4.78 is 0. The molecule has 0 spiro atoms. The van der Waals surface area contributed by atoms with Crippen LogP contribution in [0.15, 0.2) is 48.8 Å². The Bertz CT molecular complexity index is 1120. The lowest BCUT2D eigenvalue weighted by atomic mass is 10.1. The Morgan fingerprint density at radius 3 is 2.56 bits per heavy atom. The summed E-state index contributed by atoms with van der Waals surface area (Å²) in [6.45, 7) is 3.57. The minimum Gasteiger partial charge on any atom is -0.358 e. The molecule has 138 valence electrons. The summed E-state index contributed by atoms with van der Waals surface area (Å²) in [6.07, 6.45) is 1.58. The van der Waals surface area contributed by atoms with Gasteiger partial charge in [-0.05, 0) is 49.4 Å². The zero-order valence-corrected chi connectivity index (χ0v) is 16.1. The summed E-state index contributed by atoms with van der Waals surface area (Å²) in [4.78, 5) is 25.2. The average Bonchev–Trinajstić information content (AvgIpc) is 3.10. The first-order valence-electron chi connectivity index (χ1n) is 8.37. The fraction of sp³-hybridized carbons (Fsp3) is 0.150. The van der Waals surface area contributed by atoms with Gasteiger partial charge in [0, 0.05) is 41.9 Å². The molecule has 0 fully saturated rings. The number of nitrogens with one attached hydrogen (secondary N) is 2. The molecule has 0 atom stereocenters. The third kappa shape index (κ3) is 3.44. The van der Waals surface area contributed by atoms with E-state index in [4.69, 9.17) is 0 Å². The molecule has 0 saturated carbocycles. The van der Waals surface area contributed by atoms with E-state index in [1.807, 2.05) is 43.3 Å². The number of imidazole rings is 1. The lowest BCUT2D eigenvalue weighted by Gasteiger charge is -2.16. The summed E-state index contributed by atoms with van der Waals surface area (Å²) in [6, 6.07) is 13.8. The number of pyridine rings is 1. The van der Waals surface area contributed by atoms with Gasteiger partial charge in [-0.25, -0.2) is 9.97 Å². The monoisotopic (exact) mass is 381 g/mol. The number of aromatic amines is 1. The molecule has 2 aromatic carbocycles. The van der Waals surface area contributed by atoms with Crippen LogP contribution < -0.4 is 10.2 Å². The molecule has 2 N–H and O–H groups in total. The molecule has 0 aliphatic heterocycles. The van der Waals surface area contributed by atoms with Crippen LogP contribution in [0.2, 0.25) is 0 Å². The normalized spacial score (nSPS) is 10.6. The number of H-pyrrole nitrogens is 1. The van der Waals surface area contributed by atoms with E-state index in [1.165, 1.54) is 0 Å². The van der Waals surface area contributed by atoms with Crippen LogP contribution in [-0.4, -0.2) is 27.9 Å². The fourth-order valence-electron chi connectivity index (χ4n) is 3.08. The van der Waals surface area contributed by atoms with Crippen LogP contribution in [0, 0.1) is 6.92 Å². The van der Waals surface area contributed by atoms with Crippen molar-refractivity contribution in [3.63, 3.8) is 0 Å². The lowest BCUT2D eigenvalue weighted by Crippen LogP contribution is -2.22. The summed E-state index contributed by atoms with van der Waals surface area (Å²) in [5, 5.41) is 4.48. The zero-order valence-electron chi connectivity index (χ0n) is 15.3. The van der Waals surface area contributed by atoms with Crippen molar-refractivity contribution in [3.8, 4) is 0 Å². The van der Waals surface area contributed by atoms with Gasteiger partial charge in [-0.1, -0.05) is 0 Å². The van der Waals surface area contributed by atoms with Crippen LogP contribution in [0.25, 0.3) is 21.9 Å². The first-order valence-corrected chi connectivity index (χ1v) is 8.37. The van der Waals surface area contributed by atoms with Gasteiger partial charge in [0.05, 0.1) is 11.2 Å². The molecule has 0 unspecified atom stereocenters. The molecule has 0 aliphatic carbocycles. The first kappa shape index (κ1) is 18.7. The lowest BCUT2D eigenvalue weighted by molar-refractivity contribution is -0.116. The quantitative estimate of drug-likeness (QED) is 0.545. The third-order valence-electron chi connectivity index (χ3n) is 4.51. The second-order valence-electron chi connectivity index (χ2n) is 6.35. The van der Waals surface area contributed by atoms with Crippen LogP contribution in [0.5, 0.6) is 0 Å². The summed E-state index contributed by atoms with van der Waals surface area (Å²) in [5.41, 5.74) is 6.56. The second kappa shape index (κ2) is 7.25. The number of carbonyl (C=O) groups is 1. The molecule has 2 heterocycles. The molecule has 0 bridgehead atoms. The minimum absolute atomic E-state index is 0. The Balaban J connectivity index is 0.00000210. The highest BCUT2D eigenvalue weighted by atomic mass is 35.5. The van der Waals surface area contributed by atoms with Gasteiger partial charge < -0.3 is 15.2 Å². The first-order chi connectivity index (χ1) is 12.5. The Morgan fingerprint density at radius 2 is 1.85 bits per heavy atom. The van der Waals surface area contributed by atoms with E-state index in [0.717, 1.165) is 44.7 Å². The largest absolute Gasteiger partial charge is 0.358 e. The number of anilines is 3. The molecule has 1 amide bonds. The second-order valence-corrected chi connectivity index (χ2v) is 6.35. The summed E-state index contributed by atoms with van der Waals surface area (Å²) in [7, 11) is 1.76. The number of amides is 1. The fourth-order valence-corrected chi connectivity index (χ4v) is 3.08. The van der Waals surface area contributed by atoms with E-state index in [-0.39, 0.29) is 18.3 Å². The van der Waals surface area contributed by atoms with Gasteiger partial charge in [0.2, 0.25) is 5.91 Å². The number of halogens is 1. The number of aryl methyl sites for hydroxylation is 1. The predicted molar refractivity (Wildman–Crippen MR) is 112 cm³/mol. The highest BCUT2D eigenvalue weighted by Crippen LogP contribution is 2.31. The Morgan fingerprint density at radius 1 is 1.11 bits per heavy atom. The van der Waals surface area contributed by atoms with E-state index in [2.05, 4.69) is 26.3 Å². The van der Waals surface area contributed by atoms with Crippen molar-refractivity contribution < 1.29 is 4.79 Å². The zero-order chi connectivity index (χ0) is 18.3. The van der Waals surface area contributed by atoms with Crippen LogP contribution in [0.3, 0.4) is 0 Å². The van der Waals surface area contributed by atoms with Gasteiger partial charge in [0.15, 0.2) is 0 Å². The number of benzene rings is 2. The number of nitrogens with zero attached hydrogens (tertiary/aromatic N) is 3. The van der Waals surface area contributed by atoms with E-state index < -0.39 is 0 Å². The van der Waals surface area contributed by atoms with Crippen LogP contribution in [0.1, 0.15) is 12.6 Å². The van der Waals surface area contributed by atoms with Gasteiger partial charge >= 0.3 is 0 Å². The van der Waals surface area contributed by atoms with Crippen LogP contribution in [0.4, 0.5) is 17.1 Å². The number of rotatable bonds is 3. The van der Waals surface area contributed by atoms with Crippen molar-refractivity contribution in [1.29, 1.82) is 0 Å².